The maximum absolute atomic E-state index is 11.3. The second-order valence-electron chi connectivity index (χ2n) is 6.12. The Morgan fingerprint density at radius 2 is 2.17 bits per heavy atom. The SMILES string of the molecule is CCCN(C1COCC1C(=O)O)C(C)C1(C)CC1. The number of carbonyl (C=O) groups is 1. The van der Waals surface area contributed by atoms with Crippen LogP contribution in [-0.4, -0.2) is 47.8 Å². The zero-order valence-corrected chi connectivity index (χ0v) is 11.7. The van der Waals surface area contributed by atoms with Crippen molar-refractivity contribution in [2.45, 2.75) is 52.1 Å². The Balaban J connectivity index is 2.11. The summed E-state index contributed by atoms with van der Waals surface area (Å²) in [6.07, 6.45) is 3.59. The van der Waals surface area contributed by atoms with Crippen molar-refractivity contribution in [2.24, 2.45) is 11.3 Å². The molecule has 0 spiro atoms. The molecular weight excluding hydrogens is 230 g/mol. The van der Waals surface area contributed by atoms with Gasteiger partial charge in [-0.3, -0.25) is 9.69 Å². The van der Waals surface area contributed by atoms with Gasteiger partial charge < -0.3 is 9.84 Å². The third-order valence-electron chi connectivity index (χ3n) is 4.82. The Bertz CT molecular complexity index is 314. The summed E-state index contributed by atoms with van der Waals surface area (Å²) >= 11 is 0. The zero-order chi connectivity index (χ0) is 13.3. The molecule has 2 aliphatic rings. The van der Waals surface area contributed by atoms with Gasteiger partial charge in [0, 0.05) is 12.1 Å². The Kier molecular flexibility index (Phi) is 3.97. The van der Waals surface area contributed by atoms with E-state index in [4.69, 9.17) is 4.74 Å². The van der Waals surface area contributed by atoms with Gasteiger partial charge in [-0.25, -0.2) is 0 Å². The zero-order valence-electron chi connectivity index (χ0n) is 11.7. The van der Waals surface area contributed by atoms with E-state index in [0.29, 0.717) is 24.7 Å². The van der Waals surface area contributed by atoms with Crippen LogP contribution < -0.4 is 0 Å². The van der Waals surface area contributed by atoms with Crippen molar-refractivity contribution in [1.29, 1.82) is 0 Å². The third-order valence-corrected chi connectivity index (χ3v) is 4.82. The first kappa shape index (κ1) is 13.8. The molecule has 1 N–H and O–H groups in total. The Morgan fingerprint density at radius 3 is 2.67 bits per heavy atom. The van der Waals surface area contributed by atoms with Crippen LogP contribution in [0, 0.1) is 11.3 Å². The highest BCUT2D eigenvalue weighted by molar-refractivity contribution is 5.71. The molecule has 0 radical (unpaired) electrons. The van der Waals surface area contributed by atoms with Gasteiger partial charge in [-0.1, -0.05) is 13.8 Å². The molecule has 4 nitrogen and oxygen atoms in total. The smallest absolute Gasteiger partial charge is 0.310 e. The Hall–Kier alpha value is -0.610. The Morgan fingerprint density at radius 1 is 1.50 bits per heavy atom. The molecule has 0 aromatic heterocycles. The molecule has 4 heteroatoms. The summed E-state index contributed by atoms with van der Waals surface area (Å²) in [5, 5.41) is 9.29. The van der Waals surface area contributed by atoms with Gasteiger partial charge in [-0.2, -0.15) is 0 Å². The lowest BCUT2D eigenvalue weighted by molar-refractivity contribution is -0.143. The third kappa shape index (κ3) is 2.54. The molecule has 104 valence electrons. The number of aliphatic carboxylic acids is 1. The van der Waals surface area contributed by atoms with Crippen LogP contribution in [0.4, 0.5) is 0 Å². The predicted molar refractivity (Wildman–Crippen MR) is 69.5 cm³/mol. The summed E-state index contributed by atoms with van der Waals surface area (Å²) in [6, 6.07) is 0.501. The van der Waals surface area contributed by atoms with Crippen LogP contribution in [0.1, 0.15) is 40.0 Å². The molecule has 1 aliphatic heterocycles. The van der Waals surface area contributed by atoms with E-state index in [1.165, 1.54) is 12.8 Å². The van der Waals surface area contributed by atoms with Crippen molar-refractivity contribution in [3.05, 3.63) is 0 Å². The van der Waals surface area contributed by atoms with Crippen molar-refractivity contribution in [3.8, 4) is 0 Å². The van der Waals surface area contributed by atoms with Gasteiger partial charge in [-0.05, 0) is 38.1 Å². The number of rotatable bonds is 6. The maximum atomic E-state index is 11.3. The normalized spacial score (nSPS) is 31.6. The number of hydrogen-bond donors (Lipinski definition) is 1. The van der Waals surface area contributed by atoms with Gasteiger partial charge in [-0.15, -0.1) is 0 Å². The van der Waals surface area contributed by atoms with Crippen molar-refractivity contribution < 1.29 is 14.6 Å². The van der Waals surface area contributed by atoms with E-state index in [9.17, 15) is 9.90 Å². The van der Waals surface area contributed by atoms with E-state index in [1.807, 2.05) is 0 Å². The van der Waals surface area contributed by atoms with Crippen LogP contribution in [0.25, 0.3) is 0 Å². The fourth-order valence-corrected chi connectivity index (χ4v) is 3.03. The molecule has 1 heterocycles. The molecule has 1 saturated heterocycles. The highest BCUT2D eigenvalue weighted by atomic mass is 16.5. The van der Waals surface area contributed by atoms with Gasteiger partial charge in [0.05, 0.1) is 19.1 Å². The molecule has 0 aromatic carbocycles. The number of carboxylic acid groups (broad SMARTS) is 1. The number of ether oxygens (including phenoxy) is 1. The molecule has 2 fully saturated rings. The molecule has 3 unspecified atom stereocenters. The van der Waals surface area contributed by atoms with E-state index >= 15 is 0 Å². The van der Waals surface area contributed by atoms with Crippen molar-refractivity contribution in [3.63, 3.8) is 0 Å². The summed E-state index contributed by atoms with van der Waals surface area (Å²) in [5.74, 6) is -1.08. The van der Waals surface area contributed by atoms with Crippen molar-refractivity contribution in [2.75, 3.05) is 19.8 Å². The van der Waals surface area contributed by atoms with Crippen LogP contribution in [0.2, 0.25) is 0 Å². The number of nitrogens with zero attached hydrogens (tertiary/aromatic N) is 1. The first-order valence-electron chi connectivity index (χ1n) is 7.06. The van der Waals surface area contributed by atoms with Gasteiger partial charge in [0.2, 0.25) is 0 Å². The topological polar surface area (TPSA) is 49.8 Å². The summed E-state index contributed by atoms with van der Waals surface area (Å²) in [6.45, 7) is 8.61. The fourth-order valence-electron chi connectivity index (χ4n) is 3.03. The average Bonchev–Trinajstić information content (AvgIpc) is 2.91. The average molecular weight is 255 g/mol. The summed E-state index contributed by atoms with van der Waals surface area (Å²) in [5.41, 5.74) is 0.390. The summed E-state index contributed by atoms with van der Waals surface area (Å²) < 4.78 is 5.42. The van der Waals surface area contributed by atoms with Crippen LogP contribution >= 0.6 is 0 Å². The Labute approximate surface area is 109 Å². The predicted octanol–water partition coefficient (Wildman–Crippen LogP) is 1.99. The molecular formula is C14H25NO3. The second-order valence-corrected chi connectivity index (χ2v) is 6.12. The van der Waals surface area contributed by atoms with Crippen molar-refractivity contribution >= 4 is 5.97 Å². The minimum atomic E-state index is -0.716. The minimum absolute atomic E-state index is 0.0508. The molecule has 1 aliphatic carbocycles. The van der Waals surface area contributed by atoms with Gasteiger partial charge in [0.15, 0.2) is 0 Å². The van der Waals surface area contributed by atoms with E-state index in [2.05, 4.69) is 25.7 Å². The van der Waals surface area contributed by atoms with Crippen LogP contribution in [0.5, 0.6) is 0 Å². The van der Waals surface area contributed by atoms with Crippen LogP contribution in [0.15, 0.2) is 0 Å². The quantitative estimate of drug-likeness (QED) is 0.788. The number of carboxylic acids is 1. The lowest BCUT2D eigenvalue weighted by Crippen LogP contribution is -2.50. The molecule has 0 aromatic rings. The highest BCUT2D eigenvalue weighted by Crippen LogP contribution is 2.50. The van der Waals surface area contributed by atoms with Gasteiger partial charge in [0.25, 0.3) is 0 Å². The van der Waals surface area contributed by atoms with E-state index in [-0.39, 0.29) is 12.0 Å². The molecule has 0 amide bonds. The highest BCUT2D eigenvalue weighted by Gasteiger charge is 2.48. The lowest BCUT2D eigenvalue weighted by atomic mass is 9.93. The molecule has 1 saturated carbocycles. The monoisotopic (exact) mass is 255 g/mol. The fraction of sp³-hybridized carbons (Fsp3) is 0.929. The second kappa shape index (κ2) is 5.17. The molecule has 18 heavy (non-hydrogen) atoms. The first-order valence-corrected chi connectivity index (χ1v) is 7.06. The van der Waals surface area contributed by atoms with Crippen molar-refractivity contribution in [1.82, 2.24) is 4.90 Å². The molecule has 2 rings (SSSR count). The minimum Gasteiger partial charge on any atom is -0.481 e. The van der Waals surface area contributed by atoms with Gasteiger partial charge >= 0.3 is 5.97 Å². The van der Waals surface area contributed by atoms with E-state index < -0.39 is 5.97 Å². The molecule has 3 atom stereocenters. The molecule has 0 bridgehead atoms. The lowest BCUT2D eigenvalue weighted by Gasteiger charge is -2.38. The number of hydrogen-bond acceptors (Lipinski definition) is 3. The summed E-state index contributed by atoms with van der Waals surface area (Å²) in [4.78, 5) is 13.7. The standard InChI is InChI=1S/C14H25NO3/c1-4-7-15(10(2)14(3)5-6-14)12-9-18-8-11(12)13(16)17/h10-12H,4-9H2,1-3H3,(H,16,17). The first-order chi connectivity index (χ1) is 8.49. The largest absolute Gasteiger partial charge is 0.481 e. The van der Waals surface area contributed by atoms with E-state index in [0.717, 1.165) is 13.0 Å². The van der Waals surface area contributed by atoms with Crippen LogP contribution in [-0.2, 0) is 9.53 Å². The van der Waals surface area contributed by atoms with E-state index in [1.54, 1.807) is 0 Å². The summed E-state index contributed by atoms with van der Waals surface area (Å²) in [7, 11) is 0. The maximum Gasteiger partial charge on any atom is 0.310 e. The van der Waals surface area contributed by atoms with Crippen LogP contribution in [0.3, 0.4) is 0 Å². The van der Waals surface area contributed by atoms with Gasteiger partial charge in [0.1, 0.15) is 0 Å².